The summed E-state index contributed by atoms with van der Waals surface area (Å²) in [6.45, 7) is 2.02. The zero-order valence-corrected chi connectivity index (χ0v) is 17.5. The minimum Gasteiger partial charge on any atom is -0.497 e. The van der Waals surface area contributed by atoms with E-state index >= 15 is 0 Å². The Morgan fingerprint density at radius 3 is 2.56 bits per heavy atom. The average molecular weight is 422 g/mol. The number of hydrogen-bond donors (Lipinski definition) is 0. The van der Waals surface area contributed by atoms with Gasteiger partial charge < -0.3 is 4.74 Å². The van der Waals surface area contributed by atoms with Crippen molar-refractivity contribution in [3.63, 3.8) is 0 Å². The second kappa shape index (κ2) is 7.63. The highest BCUT2D eigenvalue weighted by Crippen LogP contribution is 2.30. The van der Waals surface area contributed by atoms with Crippen molar-refractivity contribution < 1.29 is 4.74 Å². The van der Waals surface area contributed by atoms with Gasteiger partial charge in [-0.05, 0) is 42.3 Å². The van der Waals surface area contributed by atoms with E-state index in [4.69, 9.17) is 9.84 Å². The van der Waals surface area contributed by atoms with Crippen molar-refractivity contribution >= 4 is 16.7 Å². The largest absolute Gasteiger partial charge is 0.497 e. The second-order valence-electron chi connectivity index (χ2n) is 7.19. The number of aryl methyl sites for hydroxylation is 1. The van der Waals surface area contributed by atoms with Crippen molar-refractivity contribution in [3.8, 4) is 28.6 Å². The third kappa shape index (κ3) is 2.91. The van der Waals surface area contributed by atoms with Crippen LogP contribution in [0.2, 0.25) is 0 Å². The topological polar surface area (TPSA) is 98.1 Å². The van der Waals surface area contributed by atoms with E-state index in [0.29, 0.717) is 28.8 Å². The van der Waals surface area contributed by atoms with Crippen LogP contribution >= 0.6 is 0 Å². The molecule has 0 bridgehead atoms. The summed E-state index contributed by atoms with van der Waals surface area (Å²) >= 11 is 0. The van der Waals surface area contributed by atoms with Gasteiger partial charge in [0.25, 0.3) is 5.56 Å². The zero-order chi connectivity index (χ0) is 22.2. The summed E-state index contributed by atoms with van der Waals surface area (Å²) in [5, 5.41) is 22.8. The molecule has 0 radical (unpaired) electrons. The van der Waals surface area contributed by atoms with Crippen LogP contribution in [0.15, 0.2) is 65.6 Å². The van der Waals surface area contributed by atoms with Crippen molar-refractivity contribution in [2.24, 2.45) is 0 Å². The van der Waals surface area contributed by atoms with Crippen LogP contribution in [-0.4, -0.2) is 31.5 Å². The Morgan fingerprint density at radius 1 is 1.06 bits per heavy atom. The van der Waals surface area contributed by atoms with E-state index in [1.54, 1.807) is 48.2 Å². The van der Waals surface area contributed by atoms with Crippen LogP contribution in [0.3, 0.4) is 0 Å². The molecular formula is C24H18N6O2. The molecule has 8 heteroatoms. The van der Waals surface area contributed by atoms with Crippen molar-refractivity contribution in [2.75, 3.05) is 7.11 Å². The van der Waals surface area contributed by atoms with Crippen molar-refractivity contribution in [3.05, 3.63) is 82.4 Å². The predicted molar refractivity (Wildman–Crippen MR) is 120 cm³/mol. The molecule has 0 saturated carbocycles. The average Bonchev–Trinajstić information content (AvgIpc) is 3.23. The second-order valence-corrected chi connectivity index (χ2v) is 7.19. The molecule has 0 saturated heterocycles. The fourth-order valence-corrected chi connectivity index (χ4v) is 3.86. The Labute approximate surface area is 182 Å². The number of aromatic nitrogens is 5. The van der Waals surface area contributed by atoms with Crippen molar-refractivity contribution in [2.45, 2.75) is 13.3 Å². The van der Waals surface area contributed by atoms with E-state index < -0.39 is 0 Å². The van der Waals surface area contributed by atoms with Gasteiger partial charge in [0, 0.05) is 6.20 Å². The highest BCUT2D eigenvalue weighted by molar-refractivity contribution is 5.85. The van der Waals surface area contributed by atoms with Crippen LogP contribution in [0.4, 0.5) is 0 Å². The van der Waals surface area contributed by atoms with Gasteiger partial charge in [0.05, 0.1) is 29.6 Å². The number of para-hydroxylation sites is 1. The van der Waals surface area contributed by atoms with E-state index in [2.05, 4.69) is 16.3 Å². The van der Waals surface area contributed by atoms with Gasteiger partial charge >= 0.3 is 0 Å². The third-order valence-electron chi connectivity index (χ3n) is 5.45. The van der Waals surface area contributed by atoms with Gasteiger partial charge in [0.1, 0.15) is 17.3 Å². The van der Waals surface area contributed by atoms with Gasteiger partial charge in [0.15, 0.2) is 11.2 Å². The summed E-state index contributed by atoms with van der Waals surface area (Å²) in [7, 11) is 1.63. The molecule has 3 heterocycles. The Balaban J connectivity index is 1.76. The molecule has 0 atom stereocenters. The van der Waals surface area contributed by atoms with Gasteiger partial charge in [0.2, 0.25) is 0 Å². The monoisotopic (exact) mass is 422 g/mol. The summed E-state index contributed by atoms with van der Waals surface area (Å²) in [4.78, 5) is 13.2. The first-order valence-electron chi connectivity index (χ1n) is 10.1. The first-order valence-corrected chi connectivity index (χ1v) is 10.1. The lowest BCUT2D eigenvalue weighted by Gasteiger charge is -2.09. The van der Waals surface area contributed by atoms with E-state index in [9.17, 15) is 10.1 Å². The molecule has 5 aromatic rings. The van der Waals surface area contributed by atoms with Gasteiger partial charge in [-0.2, -0.15) is 10.4 Å². The molecular weight excluding hydrogens is 404 g/mol. The number of nitriles is 1. The minimum atomic E-state index is -0.362. The molecule has 156 valence electrons. The predicted octanol–water partition coefficient (Wildman–Crippen LogP) is 3.54. The molecule has 0 aliphatic carbocycles. The molecule has 0 amide bonds. The van der Waals surface area contributed by atoms with Crippen LogP contribution in [0.25, 0.3) is 33.5 Å². The summed E-state index contributed by atoms with van der Waals surface area (Å²) in [6, 6.07) is 18.5. The Kier molecular flexibility index (Phi) is 4.64. The van der Waals surface area contributed by atoms with Crippen LogP contribution < -0.4 is 10.3 Å². The first-order chi connectivity index (χ1) is 15.7. The number of fused-ring (bicyclic) bond motifs is 3. The number of benzene rings is 2. The van der Waals surface area contributed by atoms with E-state index in [0.717, 1.165) is 22.6 Å². The fourth-order valence-electron chi connectivity index (χ4n) is 3.86. The molecule has 2 aromatic carbocycles. The number of nitrogens with zero attached hydrogens (tertiary/aromatic N) is 6. The Morgan fingerprint density at radius 2 is 1.84 bits per heavy atom. The van der Waals surface area contributed by atoms with Crippen LogP contribution in [-0.2, 0) is 6.42 Å². The van der Waals surface area contributed by atoms with Crippen LogP contribution in [0, 0.1) is 11.3 Å². The number of methoxy groups -OCH3 is 1. The van der Waals surface area contributed by atoms with Crippen LogP contribution in [0.5, 0.6) is 5.75 Å². The highest BCUT2D eigenvalue weighted by atomic mass is 16.5. The molecule has 0 N–H and O–H groups in total. The van der Waals surface area contributed by atoms with Crippen molar-refractivity contribution in [1.82, 2.24) is 24.4 Å². The van der Waals surface area contributed by atoms with E-state index in [1.165, 1.54) is 4.57 Å². The third-order valence-corrected chi connectivity index (χ3v) is 5.45. The normalized spacial score (nSPS) is 11.0. The molecule has 0 aliphatic rings. The minimum absolute atomic E-state index is 0.180. The summed E-state index contributed by atoms with van der Waals surface area (Å²) in [5.74, 6) is 0.762. The van der Waals surface area contributed by atoms with E-state index in [1.807, 2.05) is 31.2 Å². The maximum Gasteiger partial charge on any atom is 0.285 e. The van der Waals surface area contributed by atoms with Gasteiger partial charge in [-0.25, -0.2) is 4.52 Å². The first kappa shape index (κ1) is 19.5. The highest BCUT2D eigenvalue weighted by Gasteiger charge is 2.19. The van der Waals surface area contributed by atoms with Gasteiger partial charge in [-0.15, -0.1) is 10.2 Å². The molecule has 3 aromatic heterocycles. The van der Waals surface area contributed by atoms with Gasteiger partial charge in [-0.1, -0.05) is 31.2 Å². The van der Waals surface area contributed by atoms with Gasteiger partial charge in [-0.3, -0.25) is 9.36 Å². The zero-order valence-electron chi connectivity index (χ0n) is 17.5. The summed E-state index contributed by atoms with van der Waals surface area (Å²) in [5.41, 5.74) is 4.53. The number of pyridine rings is 1. The lowest BCUT2D eigenvalue weighted by atomic mass is 10.0. The quantitative estimate of drug-likeness (QED) is 0.439. The lowest BCUT2D eigenvalue weighted by molar-refractivity contribution is 0.415. The molecule has 32 heavy (non-hydrogen) atoms. The molecule has 0 fully saturated rings. The molecule has 0 unspecified atom stereocenters. The Bertz CT molecular complexity index is 1580. The number of ether oxygens (including phenoxy) is 1. The molecule has 5 rings (SSSR count). The standard InChI is InChI=1S/C24H18N6O2/c1-3-18-21(15-8-10-17(32-2)11-9-15)23-27-26-22-20(30(23)28-18)12-13-29(24(22)31)19-7-5-4-6-16(19)14-25/h4-13H,3H2,1-2H3. The molecule has 0 spiro atoms. The summed E-state index contributed by atoms with van der Waals surface area (Å²) in [6.07, 6.45) is 2.33. The van der Waals surface area contributed by atoms with Crippen LogP contribution in [0.1, 0.15) is 18.2 Å². The van der Waals surface area contributed by atoms with Crippen molar-refractivity contribution in [1.29, 1.82) is 5.26 Å². The maximum absolute atomic E-state index is 13.2. The maximum atomic E-state index is 13.2. The fraction of sp³-hybridized carbons (Fsp3) is 0.125. The summed E-state index contributed by atoms with van der Waals surface area (Å²) < 4.78 is 8.34. The number of hydrogen-bond acceptors (Lipinski definition) is 6. The molecule has 8 nitrogen and oxygen atoms in total. The van der Waals surface area contributed by atoms with E-state index in [-0.39, 0.29) is 11.1 Å². The Hall–Kier alpha value is -4.51. The lowest BCUT2D eigenvalue weighted by Crippen LogP contribution is -2.21. The number of rotatable bonds is 4. The SMILES string of the molecule is CCc1nn2c(nnc3c(=O)n(-c4ccccc4C#N)ccc32)c1-c1ccc(OC)cc1. The molecule has 0 aliphatic heterocycles. The smallest absolute Gasteiger partial charge is 0.285 e.